The number of carbonyl (C=O) groups is 5. The number of hydrogen-bond donors (Lipinski definition) is 3. The van der Waals surface area contributed by atoms with Crippen molar-refractivity contribution in [2.75, 3.05) is 32.7 Å². The Hall–Kier alpha value is -4.13. The maximum atomic E-state index is 13.0. The van der Waals surface area contributed by atoms with Gasteiger partial charge in [0.15, 0.2) is 0 Å². The molecule has 50 heavy (non-hydrogen) atoms. The van der Waals surface area contributed by atoms with Crippen molar-refractivity contribution >= 4 is 64.8 Å². The third-order valence-electron chi connectivity index (χ3n) is 7.80. The maximum Gasteiger partial charge on any atom is 0.328 e. The highest BCUT2D eigenvalue weighted by Crippen LogP contribution is 2.55. The molecule has 0 saturated heterocycles. The topological polar surface area (TPSA) is 169 Å². The lowest BCUT2D eigenvalue weighted by Gasteiger charge is -2.27. The normalized spacial score (nSPS) is 11.9. The number of hydrogen-bond acceptors (Lipinski definition) is 10. The third-order valence-corrected chi connectivity index (χ3v) is 12.9. The molecule has 3 rings (SSSR count). The first-order valence-corrected chi connectivity index (χ1v) is 18.7. The molecular formula is C35H42BrN4O8PS. The van der Waals surface area contributed by atoms with E-state index in [0.29, 0.717) is 18.4 Å². The van der Waals surface area contributed by atoms with E-state index in [4.69, 9.17) is 4.74 Å². The second-order valence-corrected chi connectivity index (χ2v) is 15.3. The number of unbranched alkanes of at least 4 members (excludes halogenated alkanes) is 1. The summed E-state index contributed by atoms with van der Waals surface area (Å²) in [7, 11) is 0.299. The van der Waals surface area contributed by atoms with Gasteiger partial charge in [-0.1, -0.05) is 54.6 Å². The van der Waals surface area contributed by atoms with Crippen molar-refractivity contribution in [1.82, 2.24) is 16.0 Å². The number of nitroso groups, excluding NO2 is 1. The van der Waals surface area contributed by atoms with Crippen LogP contribution in [0.2, 0.25) is 0 Å². The Kier molecular flexibility index (Phi) is 19.0. The Morgan fingerprint density at radius 2 is 1.22 bits per heavy atom. The summed E-state index contributed by atoms with van der Waals surface area (Å²) in [4.78, 5) is 72.7. The molecule has 0 aliphatic heterocycles. The number of rotatable bonds is 20. The van der Waals surface area contributed by atoms with Gasteiger partial charge in [0.2, 0.25) is 17.7 Å². The molecule has 0 aromatic heterocycles. The summed E-state index contributed by atoms with van der Waals surface area (Å²) in [6.45, 7) is -0.426. The predicted molar refractivity (Wildman–Crippen MR) is 192 cm³/mol. The molecule has 3 aromatic rings. The molecule has 268 valence electrons. The van der Waals surface area contributed by atoms with Crippen LogP contribution >= 0.6 is 19.2 Å². The molecule has 0 aliphatic carbocycles. The first-order valence-electron chi connectivity index (χ1n) is 15.8. The first-order chi connectivity index (χ1) is 23.7. The van der Waals surface area contributed by atoms with Gasteiger partial charge >= 0.3 is 11.9 Å². The molecule has 0 heterocycles. The number of amides is 3. The Morgan fingerprint density at radius 3 is 1.70 bits per heavy atom. The van der Waals surface area contributed by atoms with Crippen LogP contribution in [0.3, 0.4) is 0 Å². The zero-order valence-corrected chi connectivity index (χ0v) is 31.2. The van der Waals surface area contributed by atoms with E-state index in [1.807, 2.05) is 18.2 Å². The minimum atomic E-state index is -2.05. The summed E-state index contributed by atoms with van der Waals surface area (Å²) < 4.78 is 12.0. The lowest BCUT2D eigenvalue weighted by Crippen LogP contribution is -3.00. The summed E-state index contributed by atoms with van der Waals surface area (Å²) in [5.74, 6) is -3.27. The molecule has 0 saturated carbocycles. The van der Waals surface area contributed by atoms with E-state index < -0.39 is 49.6 Å². The Balaban J connectivity index is 0.00000867. The molecule has 3 aromatic carbocycles. The number of carbonyl (C=O) groups excluding carboxylic acids is 5. The predicted octanol–water partition coefficient (Wildman–Crippen LogP) is -0.219. The van der Waals surface area contributed by atoms with Crippen molar-refractivity contribution in [2.24, 2.45) is 4.58 Å². The zero-order valence-electron chi connectivity index (χ0n) is 27.9. The molecule has 15 heteroatoms. The van der Waals surface area contributed by atoms with Crippen molar-refractivity contribution in [3.8, 4) is 0 Å². The standard InChI is InChI=1S/C35H41N4O8PS.BrH/c1-46-33(42)24-36-34(43)30(25-49-39-45)38-32(41)22-21-29(35(44)47-2)37-31(40)20-12-13-23-48(26-14-6-3-7-15-26,27-16-8-4-9-17-27)28-18-10-5-11-19-28;/h3-11,14-19,29-30H,12-13,20-25H2,1-2H3,(H2-,36,37,38,40,41,43);1H/t29-,30-;/m0./s1. The van der Waals surface area contributed by atoms with E-state index in [9.17, 15) is 28.9 Å². The van der Waals surface area contributed by atoms with E-state index in [0.717, 1.165) is 19.7 Å². The molecule has 3 amide bonds. The van der Waals surface area contributed by atoms with Gasteiger partial charge in [0.25, 0.3) is 0 Å². The van der Waals surface area contributed by atoms with Crippen LogP contribution in [0.15, 0.2) is 95.6 Å². The molecule has 0 radical (unpaired) electrons. The highest BCUT2D eigenvalue weighted by molar-refractivity contribution is 7.98. The fourth-order valence-corrected chi connectivity index (χ4v) is 10.2. The molecule has 12 nitrogen and oxygen atoms in total. The lowest BCUT2D eigenvalue weighted by atomic mass is 10.1. The van der Waals surface area contributed by atoms with Crippen LogP contribution < -0.4 is 48.8 Å². The second-order valence-electron chi connectivity index (χ2n) is 11.0. The van der Waals surface area contributed by atoms with Gasteiger partial charge < -0.3 is 42.4 Å². The van der Waals surface area contributed by atoms with Gasteiger partial charge in [0, 0.05) is 35.1 Å². The SMILES string of the molecule is COC(=O)CNC(=O)[C@H](CSN=O)NC(=O)CC[C@H](NC(=O)CCCC[P+](c1ccccc1)(c1ccccc1)c1ccccc1)C(=O)OC.[Br-]. The Morgan fingerprint density at radius 1 is 0.720 bits per heavy atom. The van der Waals surface area contributed by atoms with E-state index in [2.05, 4.69) is 98.1 Å². The van der Waals surface area contributed by atoms with Gasteiger partial charge in [0.1, 0.15) is 41.8 Å². The van der Waals surface area contributed by atoms with Gasteiger partial charge in [-0.25, -0.2) is 4.79 Å². The third kappa shape index (κ3) is 12.6. The number of halogens is 1. The number of esters is 2. The Bertz CT molecular complexity index is 1440. The first kappa shape index (κ1) is 42.0. The molecule has 3 N–H and O–H groups in total. The second kappa shape index (κ2) is 22.6. The van der Waals surface area contributed by atoms with E-state index in [1.54, 1.807) is 0 Å². The minimum Gasteiger partial charge on any atom is -1.00 e. The van der Waals surface area contributed by atoms with Crippen LogP contribution in [-0.2, 0) is 33.4 Å². The average molecular weight is 790 g/mol. The van der Waals surface area contributed by atoms with Crippen LogP contribution in [-0.4, -0.2) is 74.4 Å². The van der Waals surface area contributed by atoms with Gasteiger partial charge in [-0.05, 0) is 55.7 Å². The summed E-state index contributed by atoms with van der Waals surface area (Å²) in [5.41, 5.74) is 0. The van der Waals surface area contributed by atoms with Gasteiger partial charge in [-0.15, -0.1) is 4.91 Å². The maximum absolute atomic E-state index is 13.0. The molecule has 0 fully saturated rings. The van der Waals surface area contributed by atoms with Crippen LogP contribution in [0.1, 0.15) is 32.1 Å². The number of benzene rings is 3. The fraction of sp³-hybridized carbons (Fsp3) is 0.343. The Labute approximate surface area is 307 Å². The number of nitrogens with zero attached hydrogens (tertiary/aromatic N) is 1. The van der Waals surface area contributed by atoms with E-state index in [1.165, 1.54) is 23.0 Å². The average Bonchev–Trinajstić information content (AvgIpc) is 3.14. The highest BCUT2D eigenvalue weighted by atomic mass is 79.9. The lowest BCUT2D eigenvalue weighted by molar-refractivity contribution is -0.145. The smallest absolute Gasteiger partial charge is 0.328 e. The van der Waals surface area contributed by atoms with Crippen molar-refractivity contribution in [3.05, 3.63) is 95.9 Å². The summed E-state index contributed by atoms with van der Waals surface area (Å²) in [6.07, 6.45) is 1.99. The fourth-order valence-electron chi connectivity index (χ4n) is 5.36. The van der Waals surface area contributed by atoms with Gasteiger partial charge in [0.05, 0.1) is 20.4 Å². The van der Waals surface area contributed by atoms with Crippen molar-refractivity contribution < 1.29 is 50.4 Å². The van der Waals surface area contributed by atoms with Crippen LogP contribution in [0.4, 0.5) is 0 Å². The molecule has 0 spiro atoms. The quantitative estimate of drug-likeness (QED) is 0.0461. The molecule has 0 bridgehead atoms. The molecular weight excluding hydrogens is 747 g/mol. The number of methoxy groups -OCH3 is 2. The minimum absolute atomic E-state index is 0. The van der Waals surface area contributed by atoms with Gasteiger partial charge in [-0.3, -0.25) is 19.2 Å². The van der Waals surface area contributed by atoms with Crippen molar-refractivity contribution in [1.29, 1.82) is 0 Å². The monoisotopic (exact) mass is 788 g/mol. The zero-order chi connectivity index (χ0) is 35.5. The molecule has 0 aliphatic rings. The van der Waals surface area contributed by atoms with Crippen LogP contribution in [0.5, 0.6) is 0 Å². The van der Waals surface area contributed by atoms with Crippen molar-refractivity contribution in [3.63, 3.8) is 0 Å². The van der Waals surface area contributed by atoms with Crippen molar-refractivity contribution in [2.45, 2.75) is 44.2 Å². The van der Waals surface area contributed by atoms with E-state index >= 15 is 0 Å². The summed E-state index contributed by atoms with van der Waals surface area (Å²) >= 11 is 0.523. The van der Waals surface area contributed by atoms with Crippen LogP contribution in [0, 0.1) is 4.91 Å². The van der Waals surface area contributed by atoms with Gasteiger partial charge in [-0.2, -0.15) is 0 Å². The molecule has 0 unspecified atom stereocenters. The highest BCUT2D eigenvalue weighted by Gasteiger charge is 2.44. The van der Waals surface area contributed by atoms with E-state index in [-0.39, 0.29) is 47.9 Å². The summed E-state index contributed by atoms with van der Waals surface area (Å²) in [6, 6.07) is 29.1. The number of ether oxygens (including phenoxy) is 2. The summed E-state index contributed by atoms with van der Waals surface area (Å²) in [5, 5.41) is 11.2. The largest absolute Gasteiger partial charge is 1.00 e. The van der Waals surface area contributed by atoms with Crippen LogP contribution in [0.25, 0.3) is 0 Å². The number of nitrogens with one attached hydrogen (secondary N) is 3. The molecule has 2 atom stereocenters.